The van der Waals surface area contributed by atoms with Crippen molar-refractivity contribution in [3.63, 3.8) is 0 Å². The Kier molecular flexibility index (Phi) is 3.02. The molecule has 0 aliphatic rings. The molecule has 0 aliphatic heterocycles. The summed E-state index contributed by atoms with van der Waals surface area (Å²) in [7, 11) is 1.63. The Balaban J connectivity index is 2.97. The summed E-state index contributed by atoms with van der Waals surface area (Å²) in [6.45, 7) is 4.12. The lowest BCUT2D eigenvalue weighted by Crippen LogP contribution is -1.99. The van der Waals surface area contributed by atoms with Crippen molar-refractivity contribution in [1.82, 2.24) is 9.97 Å². The van der Waals surface area contributed by atoms with Crippen molar-refractivity contribution in [2.24, 2.45) is 0 Å². The Morgan fingerprint density at radius 1 is 1.42 bits per heavy atom. The molecule has 0 radical (unpaired) electrons. The van der Waals surface area contributed by atoms with Gasteiger partial charge in [0, 0.05) is 5.56 Å². The van der Waals surface area contributed by atoms with Crippen LogP contribution in [-0.4, -0.2) is 17.1 Å². The fourth-order valence-corrected chi connectivity index (χ4v) is 1.16. The molecule has 0 fully saturated rings. The standard InChI is InChI=1S/C9H14N2O/c1-4-5-8-7(2)9(12-3)11-6-10-8/h6H,4-5H2,1-3H3. The smallest absolute Gasteiger partial charge is 0.219 e. The summed E-state index contributed by atoms with van der Waals surface area (Å²) in [6.07, 6.45) is 3.64. The largest absolute Gasteiger partial charge is 0.481 e. The van der Waals surface area contributed by atoms with Crippen LogP contribution in [0.3, 0.4) is 0 Å². The summed E-state index contributed by atoms with van der Waals surface area (Å²) in [5.74, 6) is 0.688. The summed E-state index contributed by atoms with van der Waals surface area (Å²) in [5.41, 5.74) is 2.14. The maximum atomic E-state index is 5.08. The van der Waals surface area contributed by atoms with E-state index in [2.05, 4.69) is 16.9 Å². The van der Waals surface area contributed by atoms with Crippen molar-refractivity contribution < 1.29 is 4.74 Å². The normalized spacial score (nSPS) is 9.92. The molecule has 1 heterocycles. The zero-order chi connectivity index (χ0) is 8.97. The maximum absolute atomic E-state index is 5.08. The number of ether oxygens (including phenoxy) is 1. The molecular formula is C9H14N2O. The van der Waals surface area contributed by atoms with Gasteiger partial charge < -0.3 is 4.74 Å². The lowest BCUT2D eigenvalue weighted by Gasteiger charge is -2.06. The van der Waals surface area contributed by atoms with Crippen LogP contribution in [0.2, 0.25) is 0 Å². The summed E-state index contributed by atoms with van der Waals surface area (Å²) in [6, 6.07) is 0. The van der Waals surface area contributed by atoms with Gasteiger partial charge in [-0.1, -0.05) is 13.3 Å². The second kappa shape index (κ2) is 4.04. The van der Waals surface area contributed by atoms with Crippen molar-refractivity contribution in [2.75, 3.05) is 7.11 Å². The van der Waals surface area contributed by atoms with Crippen LogP contribution >= 0.6 is 0 Å². The molecule has 0 spiro atoms. The zero-order valence-corrected chi connectivity index (χ0v) is 7.79. The highest BCUT2D eigenvalue weighted by molar-refractivity contribution is 5.27. The first kappa shape index (κ1) is 8.97. The van der Waals surface area contributed by atoms with Crippen molar-refractivity contribution in [1.29, 1.82) is 0 Å². The highest BCUT2D eigenvalue weighted by atomic mass is 16.5. The van der Waals surface area contributed by atoms with Gasteiger partial charge in [-0.25, -0.2) is 9.97 Å². The van der Waals surface area contributed by atoms with Gasteiger partial charge in [0.05, 0.1) is 12.8 Å². The van der Waals surface area contributed by atoms with E-state index in [1.807, 2.05) is 6.92 Å². The van der Waals surface area contributed by atoms with Crippen molar-refractivity contribution in [3.8, 4) is 5.88 Å². The van der Waals surface area contributed by atoms with Crippen LogP contribution < -0.4 is 4.74 Å². The molecule has 0 amide bonds. The van der Waals surface area contributed by atoms with E-state index in [1.165, 1.54) is 0 Å². The van der Waals surface area contributed by atoms with E-state index in [4.69, 9.17) is 4.74 Å². The van der Waals surface area contributed by atoms with Crippen LogP contribution in [0.25, 0.3) is 0 Å². The summed E-state index contributed by atoms with van der Waals surface area (Å²) < 4.78 is 5.08. The lowest BCUT2D eigenvalue weighted by atomic mass is 10.1. The predicted octanol–water partition coefficient (Wildman–Crippen LogP) is 1.75. The van der Waals surface area contributed by atoms with Gasteiger partial charge in [-0.15, -0.1) is 0 Å². The minimum absolute atomic E-state index is 0.688. The predicted molar refractivity (Wildman–Crippen MR) is 47.3 cm³/mol. The molecule has 1 aromatic rings. The summed E-state index contributed by atoms with van der Waals surface area (Å²) in [5, 5.41) is 0. The lowest BCUT2D eigenvalue weighted by molar-refractivity contribution is 0.392. The highest BCUT2D eigenvalue weighted by Crippen LogP contribution is 2.16. The van der Waals surface area contributed by atoms with Gasteiger partial charge in [-0.2, -0.15) is 0 Å². The molecule has 66 valence electrons. The van der Waals surface area contributed by atoms with E-state index in [0.717, 1.165) is 24.1 Å². The molecule has 0 aliphatic carbocycles. The fourth-order valence-electron chi connectivity index (χ4n) is 1.16. The fraction of sp³-hybridized carbons (Fsp3) is 0.556. The van der Waals surface area contributed by atoms with Crippen LogP contribution in [0, 0.1) is 6.92 Å². The second-order valence-corrected chi connectivity index (χ2v) is 2.70. The average molecular weight is 166 g/mol. The van der Waals surface area contributed by atoms with Gasteiger partial charge in [0.25, 0.3) is 0 Å². The molecule has 0 N–H and O–H groups in total. The Labute approximate surface area is 72.8 Å². The summed E-state index contributed by atoms with van der Waals surface area (Å²) >= 11 is 0. The highest BCUT2D eigenvalue weighted by Gasteiger charge is 2.04. The van der Waals surface area contributed by atoms with E-state index in [9.17, 15) is 0 Å². The van der Waals surface area contributed by atoms with E-state index < -0.39 is 0 Å². The molecule has 0 saturated heterocycles. The van der Waals surface area contributed by atoms with Crippen LogP contribution in [0.4, 0.5) is 0 Å². The van der Waals surface area contributed by atoms with Crippen LogP contribution in [0.5, 0.6) is 5.88 Å². The van der Waals surface area contributed by atoms with Crippen LogP contribution in [0.15, 0.2) is 6.33 Å². The molecule has 0 unspecified atom stereocenters. The van der Waals surface area contributed by atoms with Gasteiger partial charge in [-0.05, 0) is 13.3 Å². The van der Waals surface area contributed by atoms with Crippen LogP contribution in [-0.2, 0) is 6.42 Å². The molecule has 3 nitrogen and oxygen atoms in total. The van der Waals surface area contributed by atoms with E-state index >= 15 is 0 Å². The van der Waals surface area contributed by atoms with Crippen molar-refractivity contribution in [3.05, 3.63) is 17.6 Å². The van der Waals surface area contributed by atoms with Crippen molar-refractivity contribution >= 4 is 0 Å². The molecular weight excluding hydrogens is 152 g/mol. The average Bonchev–Trinajstić information content (AvgIpc) is 2.09. The third-order valence-electron chi connectivity index (χ3n) is 1.82. The first-order valence-electron chi connectivity index (χ1n) is 4.14. The SMILES string of the molecule is CCCc1ncnc(OC)c1C. The quantitative estimate of drug-likeness (QED) is 0.686. The Bertz CT molecular complexity index is 261. The third kappa shape index (κ3) is 1.72. The molecule has 1 rings (SSSR count). The molecule has 0 atom stereocenters. The molecule has 0 saturated carbocycles. The maximum Gasteiger partial charge on any atom is 0.219 e. The van der Waals surface area contributed by atoms with E-state index in [0.29, 0.717) is 5.88 Å². The number of methoxy groups -OCH3 is 1. The van der Waals surface area contributed by atoms with Crippen molar-refractivity contribution in [2.45, 2.75) is 26.7 Å². The Morgan fingerprint density at radius 2 is 2.17 bits per heavy atom. The zero-order valence-electron chi connectivity index (χ0n) is 7.79. The van der Waals surface area contributed by atoms with E-state index in [-0.39, 0.29) is 0 Å². The Morgan fingerprint density at radius 3 is 2.75 bits per heavy atom. The molecule has 3 heteroatoms. The number of nitrogens with zero attached hydrogens (tertiary/aromatic N) is 2. The molecule has 0 aromatic carbocycles. The van der Waals surface area contributed by atoms with Gasteiger partial charge in [0.2, 0.25) is 5.88 Å². The summed E-state index contributed by atoms with van der Waals surface area (Å²) in [4.78, 5) is 8.19. The number of hydrogen-bond donors (Lipinski definition) is 0. The number of rotatable bonds is 3. The topological polar surface area (TPSA) is 35.0 Å². The molecule has 1 aromatic heterocycles. The molecule has 12 heavy (non-hydrogen) atoms. The van der Waals surface area contributed by atoms with Gasteiger partial charge >= 0.3 is 0 Å². The molecule has 0 bridgehead atoms. The third-order valence-corrected chi connectivity index (χ3v) is 1.82. The minimum Gasteiger partial charge on any atom is -0.481 e. The first-order chi connectivity index (χ1) is 5.79. The van der Waals surface area contributed by atoms with Gasteiger partial charge in [0.15, 0.2) is 0 Å². The van der Waals surface area contributed by atoms with Gasteiger partial charge in [0.1, 0.15) is 6.33 Å². The van der Waals surface area contributed by atoms with E-state index in [1.54, 1.807) is 13.4 Å². The van der Waals surface area contributed by atoms with Gasteiger partial charge in [-0.3, -0.25) is 0 Å². The first-order valence-corrected chi connectivity index (χ1v) is 4.14. The number of hydrogen-bond acceptors (Lipinski definition) is 3. The number of aromatic nitrogens is 2. The number of aryl methyl sites for hydroxylation is 1. The minimum atomic E-state index is 0.688. The Hall–Kier alpha value is -1.12. The monoisotopic (exact) mass is 166 g/mol. The van der Waals surface area contributed by atoms with Crippen LogP contribution in [0.1, 0.15) is 24.6 Å². The second-order valence-electron chi connectivity index (χ2n) is 2.70.